The fourth-order valence-corrected chi connectivity index (χ4v) is 5.12. The number of methoxy groups -OCH3 is 3. The van der Waals surface area contributed by atoms with Gasteiger partial charge in [0.15, 0.2) is 11.5 Å². The normalized spacial score (nSPS) is 14.8. The van der Waals surface area contributed by atoms with Crippen LogP contribution in [0.4, 0.5) is 5.69 Å². The number of nitrogens with zero attached hydrogens (tertiary/aromatic N) is 2. The molecule has 0 bridgehead atoms. The predicted molar refractivity (Wildman–Crippen MR) is 113 cm³/mol. The van der Waals surface area contributed by atoms with E-state index in [1.165, 1.54) is 36.1 Å². The molecule has 3 rings (SSSR count). The quantitative estimate of drug-likeness (QED) is 0.478. The minimum absolute atomic E-state index is 0.0769. The number of carbonyl (C=O) groups is 1. The molecule has 10 nitrogen and oxygen atoms in total. The van der Waals surface area contributed by atoms with E-state index in [1.54, 1.807) is 7.11 Å². The van der Waals surface area contributed by atoms with E-state index >= 15 is 0 Å². The summed E-state index contributed by atoms with van der Waals surface area (Å²) in [5.41, 5.74) is 2.13. The lowest BCUT2D eigenvalue weighted by Gasteiger charge is -2.35. The van der Waals surface area contributed by atoms with Crippen molar-refractivity contribution in [2.24, 2.45) is 0 Å². The summed E-state index contributed by atoms with van der Waals surface area (Å²) >= 11 is 0. The van der Waals surface area contributed by atoms with E-state index < -0.39 is 15.9 Å². The summed E-state index contributed by atoms with van der Waals surface area (Å²) in [7, 11) is 0.207. The van der Waals surface area contributed by atoms with Crippen LogP contribution in [-0.4, -0.2) is 71.3 Å². The summed E-state index contributed by atoms with van der Waals surface area (Å²) in [6, 6.07) is 10.2. The second kappa shape index (κ2) is 9.41. The van der Waals surface area contributed by atoms with Crippen LogP contribution in [0, 0.1) is 0 Å². The first-order valence-corrected chi connectivity index (χ1v) is 10.9. The number of amides is 1. The second-order valence-electron chi connectivity index (χ2n) is 6.70. The Balaban J connectivity index is 1.88. The van der Waals surface area contributed by atoms with Gasteiger partial charge in [-0.1, -0.05) is 0 Å². The second-order valence-corrected chi connectivity index (χ2v) is 8.61. The molecule has 0 spiro atoms. The van der Waals surface area contributed by atoms with E-state index in [9.17, 15) is 13.2 Å². The molecule has 2 aromatic carbocycles. The number of benzene rings is 2. The summed E-state index contributed by atoms with van der Waals surface area (Å²) in [4.78, 5) is 14.1. The zero-order chi connectivity index (χ0) is 22.6. The van der Waals surface area contributed by atoms with Crippen molar-refractivity contribution in [3.05, 3.63) is 42.0 Å². The lowest BCUT2D eigenvalue weighted by Crippen LogP contribution is -2.49. The highest BCUT2D eigenvalue weighted by atomic mass is 32.2. The summed E-state index contributed by atoms with van der Waals surface area (Å²) in [6.07, 6.45) is 0. The highest BCUT2D eigenvalue weighted by molar-refractivity contribution is 7.89. The molecule has 1 saturated heterocycles. The molecule has 1 aliphatic rings. The number of carbonyl (C=O) groups excluding carboxylic acids is 1. The van der Waals surface area contributed by atoms with Crippen molar-refractivity contribution < 1.29 is 32.6 Å². The van der Waals surface area contributed by atoms with Crippen LogP contribution in [0.25, 0.3) is 0 Å². The maximum Gasteiger partial charge on any atom is 0.279 e. The van der Waals surface area contributed by atoms with Gasteiger partial charge in [-0.25, -0.2) is 13.9 Å². The monoisotopic (exact) mass is 451 g/mol. The Hall–Kier alpha value is -3.02. The lowest BCUT2D eigenvalue weighted by molar-refractivity contribution is 0.0698. The molecule has 0 radical (unpaired) electrons. The van der Waals surface area contributed by atoms with Crippen molar-refractivity contribution in [3.63, 3.8) is 0 Å². The van der Waals surface area contributed by atoms with Crippen LogP contribution >= 0.6 is 0 Å². The topological polar surface area (TPSA) is 118 Å². The van der Waals surface area contributed by atoms with E-state index in [0.717, 1.165) is 11.4 Å². The first kappa shape index (κ1) is 22.7. The van der Waals surface area contributed by atoms with Gasteiger partial charge in [0.05, 0.1) is 26.2 Å². The highest BCUT2D eigenvalue weighted by Gasteiger charge is 2.34. The highest BCUT2D eigenvalue weighted by Crippen LogP contribution is 2.37. The third kappa shape index (κ3) is 4.38. The Bertz CT molecular complexity index is 1030. The third-order valence-electron chi connectivity index (χ3n) is 5.13. The number of hydrogen-bond donors (Lipinski definition) is 2. The van der Waals surface area contributed by atoms with E-state index in [2.05, 4.69) is 4.90 Å². The Morgan fingerprint density at radius 3 is 2.10 bits per heavy atom. The Kier molecular flexibility index (Phi) is 6.88. The standard InChI is InChI=1S/C20H25N3O7S/c1-28-15-6-4-14(5-7-15)22-10-12-23(13-11-22)31(26,27)17-9-8-16(29-2)19(30-3)18(17)20(24)21-25/h4-9,25H,10-13H2,1-3H3,(H,21,24). The maximum atomic E-state index is 13.4. The van der Waals surface area contributed by atoms with E-state index in [1.807, 2.05) is 24.3 Å². The molecule has 0 aliphatic carbocycles. The number of hydroxylamine groups is 1. The fraction of sp³-hybridized carbons (Fsp3) is 0.350. The average molecular weight is 452 g/mol. The van der Waals surface area contributed by atoms with Crippen LogP contribution in [0.15, 0.2) is 41.3 Å². The molecule has 11 heteroatoms. The van der Waals surface area contributed by atoms with Gasteiger partial charge in [-0.05, 0) is 36.4 Å². The number of sulfonamides is 1. The molecule has 168 valence electrons. The van der Waals surface area contributed by atoms with Gasteiger partial charge in [-0.2, -0.15) is 4.31 Å². The summed E-state index contributed by atoms with van der Waals surface area (Å²) in [5.74, 6) is -0.171. The molecule has 0 saturated carbocycles. The number of hydrogen-bond acceptors (Lipinski definition) is 8. The van der Waals surface area contributed by atoms with Crippen molar-refractivity contribution in [2.75, 3.05) is 52.4 Å². The van der Waals surface area contributed by atoms with E-state index in [-0.39, 0.29) is 35.0 Å². The average Bonchev–Trinajstić information content (AvgIpc) is 2.82. The Morgan fingerprint density at radius 1 is 0.935 bits per heavy atom. The van der Waals surface area contributed by atoms with Crippen LogP contribution in [0.3, 0.4) is 0 Å². The van der Waals surface area contributed by atoms with Crippen LogP contribution in [-0.2, 0) is 10.0 Å². The van der Waals surface area contributed by atoms with Gasteiger partial charge in [-0.3, -0.25) is 10.0 Å². The third-order valence-corrected chi connectivity index (χ3v) is 7.07. The smallest absolute Gasteiger partial charge is 0.279 e. The molecule has 31 heavy (non-hydrogen) atoms. The van der Waals surface area contributed by atoms with Crippen molar-refractivity contribution in [1.82, 2.24) is 9.79 Å². The molecule has 1 aliphatic heterocycles. The minimum Gasteiger partial charge on any atom is -0.497 e. The molecule has 0 aromatic heterocycles. The first-order chi connectivity index (χ1) is 14.9. The molecule has 2 N–H and O–H groups in total. The van der Waals surface area contributed by atoms with Crippen molar-refractivity contribution in [3.8, 4) is 17.2 Å². The van der Waals surface area contributed by atoms with Gasteiger partial charge in [0, 0.05) is 31.9 Å². The lowest BCUT2D eigenvalue weighted by atomic mass is 10.1. The van der Waals surface area contributed by atoms with Gasteiger partial charge in [-0.15, -0.1) is 0 Å². The Labute approximate surface area is 180 Å². The molecule has 2 aromatic rings. The van der Waals surface area contributed by atoms with Gasteiger partial charge >= 0.3 is 0 Å². The molecule has 1 fully saturated rings. The number of nitrogens with one attached hydrogen (secondary N) is 1. The van der Waals surface area contributed by atoms with Crippen molar-refractivity contribution >= 4 is 21.6 Å². The molecule has 0 atom stereocenters. The van der Waals surface area contributed by atoms with Crippen LogP contribution < -0.4 is 24.6 Å². The van der Waals surface area contributed by atoms with Crippen LogP contribution in [0.2, 0.25) is 0 Å². The van der Waals surface area contributed by atoms with Crippen LogP contribution in [0.1, 0.15) is 10.4 Å². The first-order valence-electron chi connectivity index (χ1n) is 9.46. The summed E-state index contributed by atoms with van der Waals surface area (Å²) in [5, 5.41) is 9.15. The van der Waals surface area contributed by atoms with E-state index in [4.69, 9.17) is 19.4 Å². The Morgan fingerprint density at radius 2 is 1.58 bits per heavy atom. The maximum absolute atomic E-state index is 13.4. The van der Waals surface area contributed by atoms with Gasteiger partial charge in [0.2, 0.25) is 10.0 Å². The minimum atomic E-state index is -4.04. The van der Waals surface area contributed by atoms with Gasteiger partial charge in [0.25, 0.3) is 5.91 Å². The predicted octanol–water partition coefficient (Wildman–Crippen LogP) is 1.34. The van der Waals surface area contributed by atoms with Gasteiger partial charge in [0.1, 0.15) is 11.3 Å². The number of ether oxygens (including phenoxy) is 3. The SMILES string of the molecule is COc1ccc(N2CCN(S(=O)(=O)c3ccc(OC)c(OC)c3C(=O)NO)CC2)cc1. The largest absolute Gasteiger partial charge is 0.497 e. The molecule has 1 amide bonds. The molecular weight excluding hydrogens is 426 g/mol. The number of piperazine rings is 1. The number of anilines is 1. The zero-order valence-corrected chi connectivity index (χ0v) is 18.3. The van der Waals surface area contributed by atoms with Crippen molar-refractivity contribution in [2.45, 2.75) is 4.90 Å². The fourth-order valence-electron chi connectivity index (χ4n) is 3.51. The van der Waals surface area contributed by atoms with Crippen molar-refractivity contribution in [1.29, 1.82) is 0 Å². The summed E-state index contributed by atoms with van der Waals surface area (Å²) < 4.78 is 43.5. The summed E-state index contributed by atoms with van der Waals surface area (Å²) in [6.45, 7) is 1.40. The molecule has 0 unspecified atom stereocenters. The van der Waals surface area contributed by atoms with Crippen LogP contribution in [0.5, 0.6) is 17.2 Å². The number of rotatable bonds is 7. The zero-order valence-electron chi connectivity index (χ0n) is 17.5. The molecular formula is C20H25N3O7S. The van der Waals surface area contributed by atoms with Gasteiger partial charge < -0.3 is 19.1 Å². The molecule has 1 heterocycles. The van der Waals surface area contributed by atoms with E-state index in [0.29, 0.717) is 13.1 Å².